The second-order valence-corrected chi connectivity index (χ2v) is 13.4. The van der Waals surface area contributed by atoms with Crippen molar-refractivity contribution in [2.24, 2.45) is 5.10 Å². The van der Waals surface area contributed by atoms with Crippen LogP contribution < -0.4 is 10.3 Å². The van der Waals surface area contributed by atoms with Crippen molar-refractivity contribution in [3.05, 3.63) is 129 Å². The van der Waals surface area contributed by atoms with E-state index in [2.05, 4.69) is 20.4 Å². The largest absolute Gasteiger partial charge is 0.369 e. The first kappa shape index (κ1) is 31.6. The Morgan fingerprint density at radius 2 is 1.60 bits per heavy atom. The van der Waals surface area contributed by atoms with Crippen LogP contribution in [-0.4, -0.2) is 59.9 Å². The third kappa shape index (κ3) is 6.91. The minimum Gasteiger partial charge on any atom is -0.369 e. The molecule has 15 heteroatoms. The van der Waals surface area contributed by atoms with Crippen molar-refractivity contribution >= 4 is 61.7 Å². The first-order valence-corrected chi connectivity index (χ1v) is 16.6. The van der Waals surface area contributed by atoms with E-state index in [0.29, 0.717) is 23.5 Å². The fraction of sp³-hybridized carbons (Fsp3) is 0.125. The number of nitro groups is 2. The van der Waals surface area contributed by atoms with E-state index < -0.39 is 19.9 Å². The lowest BCUT2D eigenvalue weighted by molar-refractivity contribution is -0.387. The summed E-state index contributed by atoms with van der Waals surface area (Å²) in [5, 5.41) is 28.6. The summed E-state index contributed by atoms with van der Waals surface area (Å²) in [6.07, 6.45) is 2.98. The molecule has 0 aliphatic carbocycles. The third-order valence-corrected chi connectivity index (χ3v) is 10.6. The normalized spacial score (nSPS) is 14.0. The summed E-state index contributed by atoms with van der Waals surface area (Å²) in [4.78, 5) is 29.8. The minimum absolute atomic E-state index is 0.0301. The van der Waals surface area contributed by atoms with Crippen LogP contribution in [0.1, 0.15) is 5.56 Å². The molecule has 47 heavy (non-hydrogen) atoms. The molecule has 4 aromatic carbocycles. The van der Waals surface area contributed by atoms with Gasteiger partial charge in [0.25, 0.3) is 11.4 Å². The third-order valence-electron chi connectivity index (χ3n) is 7.55. The van der Waals surface area contributed by atoms with Gasteiger partial charge in [-0.1, -0.05) is 54.2 Å². The van der Waals surface area contributed by atoms with Crippen molar-refractivity contribution in [2.45, 2.75) is 14.7 Å². The van der Waals surface area contributed by atoms with Gasteiger partial charge in [0.15, 0.2) is 0 Å². The number of nitro benzene ring substituents is 2. The number of rotatable bonds is 10. The van der Waals surface area contributed by atoms with E-state index in [0.717, 1.165) is 27.6 Å². The molecule has 0 atom stereocenters. The first-order chi connectivity index (χ1) is 22.7. The van der Waals surface area contributed by atoms with Crippen molar-refractivity contribution < 1.29 is 18.3 Å². The van der Waals surface area contributed by atoms with Gasteiger partial charge in [0.2, 0.25) is 10.0 Å². The number of hydrogen-bond donors (Lipinski definition) is 1. The lowest BCUT2D eigenvalue weighted by atomic mass is 10.2. The highest BCUT2D eigenvalue weighted by atomic mass is 32.2. The Balaban J connectivity index is 1.22. The molecule has 0 unspecified atom stereocenters. The zero-order valence-corrected chi connectivity index (χ0v) is 26.3. The summed E-state index contributed by atoms with van der Waals surface area (Å²) >= 11 is 1.23. The number of para-hydroxylation sites is 2. The van der Waals surface area contributed by atoms with Gasteiger partial charge in [-0.25, -0.2) is 8.42 Å². The van der Waals surface area contributed by atoms with Crippen LogP contribution in [0.2, 0.25) is 0 Å². The van der Waals surface area contributed by atoms with Gasteiger partial charge in [0, 0.05) is 72.1 Å². The molecule has 0 saturated carbocycles. The Labute approximate surface area is 273 Å². The molecular formula is C32H27N7O6S2. The summed E-state index contributed by atoms with van der Waals surface area (Å²) in [6, 6.07) is 27.1. The molecule has 0 radical (unpaired) electrons. The highest BCUT2D eigenvalue weighted by Gasteiger charge is 2.32. The molecule has 0 spiro atoms. The fourth-order valence-corrected chi connectivity index (χ4v) is 7.80. The molecule has 5 aromatic rings. The van der Waals surface area contributed by atoms with E-state index in [9.17, 15) is 28.6 Å². The number of nitrogens with zero attached hydrogens (tertiary/aromatic N) is 6. The van der Waals surface area contributed by atoms with E-state index in [1.54, 1.807) is 18.3 Å². The van der Waals surface area contributed by atoms with Crippen molar-refractivity contribution in [3.63, 3.8) is 0 Å². The Morgan fingerprint density at radius 3 is 2.34 bits per heavy atom. The van der Waals surface area contributed by atoms with Gasteiger partial charge in [-0.3, -0.25) is 30.6 Å². The second-order valence-electron chi connectivity index (χ2n) is 10.5. The molecule has 238 valence electrons. The molecular weight excluding hydrogens is 643 g/mol. The summed E-state index contributed by atoms with van der Waals surface area (Å²) in [5.74, 6) is 0. The van der Waals surface area contributed by atoms with Crippen LogP contribution >= 0.6 is 11.8 Å². The Hall–Kier alpha value is -5.38. The van der Waals surface area contributed by atoms with Crippen LogP contribution in [0.5, 0.6) is 0 Å². The monoisotopic (exact) mass is 669 g/mol. The summed E-state index contributed by atoms with van der Waals surface area (Å²) in [5.41, 5.74) is 4.28. The van der Waals surface area contributed by atoms with E-state index >= 15 is 0 Å². The molecule has 13 nitrogen and oxygen atoms in total. The highest BCUT2D eigenvalue weighted by Crippen LogP contribution is 2.38. The summed E-state index contributed by atoms with van der Waals surface area (Å²) < 4.78 is 28.8. The highest BCUT2D eigenvalue weighted by molar-refractivity contribution is 7.99. The minimum atomic E-state index is -4.15. The number of non-ortho nitro benzene ring substituents is 1. The number of hydrazone groups is 1. The maximum atomic E-state index is 13.8. The maximum absolute atomic E-state index is 13.8. The van der Waals surface area contributed by atoms with Crippen LogP contribution in [-0.2, 0) is 10.0 Å². The predicted octanol–water partition coefficient (Wildman–Crippen LogP) is 6.16. The van der Waals surface area contributed by atoms with Gasteiger partial charge in [0.1, 0.15) is 4.90 Å². The average Bonchev–Trinajstić information content (AvgIpc) is 3.09. The van der Waals surface area contributed by atoms with Gasteiger partial charge >= 0.3 is 0 Å². The number of fused-ring (bicyclic) bond motifs is 1. The van der Waals surface area contributed by atoms with Gasteiger partial charge in [-0.15, -0.1) is 0 Å². The van der Waals surface area contributed by atoms with Gasteiger partial charge < -0.3 is 4.90 Å². The van der Waals surface area contributed by atoms with Crippen LogP contribution in [0.15, 0.2) is 123 Å². The Kier molecular flexibility index (Phi) is 9.10. The second kappa shape index (κ2) is 13.5. The van der Waals surface area contributed by atoms with Crippen LogP contribution in [0.25, 0.3) is 10.9 Å². The van der Waals surface area contributed by atoms with E-state index in [1.165, 1.54) is 40.5 Å². The van der Waals surface area contributed by atoms with E-state index in [4.69, 9.17) is 0 Å². The van der Waals surface area contributed by atoms with Crippen LogP contribution in [0, 0.1) is 20.2 Å². The molecule has 1 N–H and O–H groups in total. The topological polar surface area (TPSA) is 164 Å². The molecule has 1 aliphatic rings. The fourth-order valence-electron chi connectivity index (χ4n) is 5.19. The van der Waals surface area contributed by atoms with Crippen LogP contribution in [0.3, 0.4) is 0 Å². The predicted molar refractivity (Wildman–Crippen MR) is 181 cm³/mol. The van der Waals surface area contributed by atoms with E-state index in [1.807, 2.05) is 60.7 Å². The molecule has 2 heterocycles. The number of sulfonamides is 1. The van der Waals surface area contributed by atoms with Crippen molar-refractivity contribution in [2.75, 3.05) is 36.5 Å². The molecule has 1 aliphatic heterocycles. The smallest absolute Gasteiger partial charge is 0.283 e. The number of nitrogens with one attached hydrogen (secondary N) is 1. The Bertz CT molecular complexity index is 2100. The van der Waals surface area contributed by atoms with Crippen molar-refractivity contribution in [3.8, 4) is 0 Å². The van der Waals surface area contributed by atoms with Crippen molar-refractivity contribution in [1.29, 1.82) is 0 Å². The standard InChI is InChI=1S/C32H27N7O6S2/c40-38(41)26-12-13-27(31(21-26)47(44,45)37-18-16-36(17-19-37)25-8-2-1-3-9-25)35-34-22-23-11-14-29(28(20-23)39(42)43)46-30-10-4-6-24-7-5-15-33-32(24)30/h1-15,20-22,35H,16-19H2/b34-22-. The quantitative estimate of drug-likeness (QED) is 0.103. The molecule has 1 saturated heterocycles. The van der Waals surface area contributed by atoms with Gasteiger partial charge in [-0.2, -0.15) is 9.41 Å². The molecule has 1 fully saturated rings. The molecule has 0 amide bonds. The lowest BCUT2D eigenvalue weighted by Crippen LogP contribution is -2.48. The summed E-state index contributed by atoms with van der Waals surface area (Å²) in [6.45, 7) is 1.27. The molecule has 1 aromatic heterocycles. The maximum Gasteiger partial charge on any atom is 0.283 e. The lowest BCUT2D eigenvalue weighted by Gasteiger charge is -2.35. The van der Waals surface area contributed by atoms with Crippen LogP contribution in [0.4, 0.5) is 22.7 Å². The number of anilines is 2. The zero-order valence-electron chi connectivity index (χ0n) is 24.7. The zero-order chi connectivity index (χ0) is 33.0. The van der Waals surface area contributed by atoms with Crippen molar-refractivity contribution in [1.82, 2.24) is 9.29 Å². The number of aromatic nitrogens is 1. The molecule has 6 rings (SSSR count). The van der Waals surface area contributed by atoms with Gasteiger partial charge in [0.05, 0.1) is 32.2 Å². The summed E-state index contributed by atoms with van der Waals surface area (Å²) in [7, 11) is -4.15. The van der Waals surface area contributed by atoms with E-state index in [-0.39, 0.29) is 35.0 Å². The number of benzene rings is 4. The average molecular weight is 670 g/mol. The van der Waals surface area contributed by atoms with Gasteiger partial charge in [-0.05, 0) is 36.4 Å². The number of pyridine rings is 1. The number of piperazine rings is 1. The number of hydrogen-bond acceptors (Lipinski definition) is 11. The first-order valence-electron chi connectivity index (χ1n) is 14.4. The SMILES string of the molecule is O=[N+]([O-])c1ccc(N/N=C\c2ccc(Sc3cccc4cccnc34)c([N+](=O)[O-])c2)c(S(=O)(=O)N2CCN(c3ccccc3)CC2)c1. The Morgan fingerprint density at radius 1 is 0.830 bits per heavy atom. The molecule has 0 bridgehead atoms.